The second-order valence-electron chi connectivity index (χ2n) is 7.64. The summed E-state index contributed by atoms with van der Waals surface area (Å²) in [6, 6.07) is 12.1. The van der Waals surface area contributed by atoms with Crippen LogP contribution in [0.5, 0.6) is 5.75 Å². The van der Waals surface area contributed by atoms with Crippen molar-refractivity contribution in [1.82, 2.24) is 4.90 Å². The number of carbonyl (C=O) groups excluding carboxylic acids is 1. The van der Waals surface area contributed by atoms with Gasteiger partial charge in [0.1, 0.15) is 5.75 Å². The molecule has 1 aliphatic heterocycles. The highest BCUT2D eigenvalue weighted by atomic mass is 16.6. The van der Waals surface area contributed by atoms with Crippen molar-refractivity contribution in [3.63, 3.8) is 0 Å². The Labute approximate surface area is 171 Å². The second kappa shape index (κ2) is 8.94. The van der Waals surface area contributed by atoms with Gasteiger partial charge in [-0.15, -0.1) is 0 Å². The van der Waals surface area contributed by atoms with E-state index < -0.39 is 4.92 Å². The zero-order chi connectivity index (χ0) is 21.0. The molecule has 0 aromatic heterocycles. The number of non-ortho nitro benzene ring substituents is 1. The van der Waals surface area contributed by atoms with Gasteiger partial charge in [0, 0.05) is 38.8 Å². The number of methoxy groups -OCH3 is 1. The molecule has 0 saturated carbocycles. The number of piperidine rings is 1. The second-order valence-corrected chi connectivity index (χ2v) is 7.64. The van der Waals surface area contributed by atoms with Crippen molar-refractivity contribution in [3.8, 4) is 5.75 Å². The minimum absolute atomic E-state index is 0.0691. The zero-order valence-electron chi connectivity index (χ0n) is 17.1. The standard InChI is InChI=1S/C22H27N3O4/c1-16-10-12-24(13-11-16)21-9-6-18(25(27)28)14-20(21)22(26)23(2)15-17-4-7-19(29-3)8-5-17/h4-9,14,16H,10-13,15H2,1-3H3. The summed E-state index contributed by atoms with van der Waals surface area (Å²) >= 11 is 0. The van der Waals surface area contributed by atoms with Crippen LogP contribution in [-0.4, -0.2) is 43.0 Å². The van der Waals surface area contributed by atoms with Gasteiger partial charge in [-0.1, -0.05) is 19.1 Å². The fourth-order valence-electron chi connectivity index (χ4n) is 3.62. The summed E-state index contributed by atoms with van der Waals surface area (Å²) in [6.45, 7) is 4.33. The molecule has 3 rings (SSSR count). The predicted octanol–water partition coefficient (Wildman–Crippen LogP) is 4.11. The van der Waals surface area contributed by atoms with Gasteiger partial charge < -0.3 is 14.5 Å². The van der Waals surface area contributed by atoms with Gasteiger partial charge in [0.25, 0.3) is 11.6 Å². The largest absolute Gasteiger partial charge is 0.497 e. The molecule has 1 aliphatic rings. The van der Waals surface area contributed by atoms with E-state index in [4.69, 9.17) is 4.74 Å². The number of carbonyl (C=O) groups is 1. The molecule has 0 radical (unpaired) electrons. The van der Waals surface area contributed by atoms with Gasteiger partial charge in [-0.05, 0) is 42.5 Å². The lowest BCUT2D eigenvalue weighted by atomic mass is 9.97. The fourth-order valence-corrected chi connectivity index (χ4v) is 3.62. The topological polar surface area (TPSA) is 75.9 Å². The lowest BCUT2D eigenvalue weighted by molar-refractivity contribution is -0.384. The van der Waals surface area contributed by atoms with E-state index in [0.29, 0.717) is 18.0 Å². The monoisotopic (exact) mass is 397 g/mol. The normalized spacial score (nSPS) is 14.5. The first kappa shape index (κ1) is 20.6. The van der Waals surface area contributed by atoms with Gasteiger partial charge in [-0.3, -0.25) is 14.9 Å². The average molecular weight is 397 g/mol. The predicted molar refractivity (Wildman–Crippen MR) is 112 cm³/mol. The van der Waals surface area contributed by atoms with Crippen LogP contribution in [0, 0.1) is 16.0 Å². The Morgan fingerprint density at radius 3 is 2.45 bits per heavy atom. The third kappa shape index (κ3) is 4.85. The highest BCUT2D eigenvalue weighted by Crippen LogP contribution is 2.30. The number of rotatable bonds is 6. The van der Waals surface area contributed by atoms with E-state index in [1.165, 1.54) is 12.1 Å². The van der Waals surface area contributed by atoms with E-state index in [-0.39, 0.29) is 11.6 Å². The summed E-state index contributed by atoms with van der Waals surface area (Å²) in [5.74, 6) is 1.18. The fraction of sp³-hybridized carbons (Fsp3) is 0.409. The van der Waals surface area contributed by atoms with Gasteiger partial charge >= 0.3 is 0 Å². The van der Waals surface area contributed by atoms with Crippen LogP contribution < -0.4 is 9.64 Å². The maximum absolute atomic E-state index is 13.2. The molecular weight excluding hydrogens is 370 g/mol. The van der Waals surface area contributed by atoms with Crippen molar-refractivity contribution in [2.75, 3.05) is 32.1 Å². The summed E-state index contributed by atoms with van der Waals surface area (Å²) in [7, 11) is 3.32. The van der Waals surface area contributed by atoms with Crippen molar-refractivity contribution < 1.29 is 14.5 Å². The lowest BCUT2D eigenvalue weighted by Crippen LogP contribution is -2.35. The number of ether oxygens (including phenoxy) is 1. The Bertz CT molecular complexity index is 874. The number of benzene rings is 2. The minimum Gasteiger partial charge on any atom is -0.497 e. The number of hydrogen-bond donors (Lipinski definition) is 0. The van der Waals surface area contributed by atoms with E-state index in [9.17, 15) is 14.9 Å². The molecule has 2 aromatic carbocycles. The van der Waals surface area contributed by atoms with Crippen molar-refractivity contribution in [2.24, 2.45) is 5.92 Å². The highest BCUT2D eigenvalue weighted by Gasteiger charge is 2.25. The zero-order valence-corrected chi connectivity index (χ0v) is 17.1. The molecule has 7 nitrogen and oxygen atoms in total. The van der Waals surface area contributed by atoms with E-state index >= 15 is 0 Å². The van der Waals surface area contributed by atoms with Crippen LogP contribution >= 0.6 is 0 Å². The first-order valence-corrected chi connectivity index (χ1v) is 9.81. The summed E-state index contributed by atoms with van der Waals surface area (Å²) in [5, 5.41) is 11.3. The Balaban J connectivity index is 1.86. The van der Waals surface area contributed by atoms with E-state index in [2.05, 4.69) is 11.8 Å². The molecule has 0 bridgehead atoms. The molecule has 0 atom stereocenters. The molecular formula is C22H27N3O4. The quantitative estimate of drug-likeness (QED) is 0.542. The molecule has 0 spiro atoms. The Hall–Kier alpha value is -3.09. The van der Waals surface area contributed by atoms with Crippen LogP contribution in [0.1, 0.15) is 35.7 Å². The molecule has 1 saturated heterocycles. The van der Waals surface area contributed by atoms with Gasteiger partial charge in [0.05, 0.1) is 23.3 Å². The van der Waals surface area contributed by atoms with Crippen molar-refractivity contribution >= 4 is 17.3 Å². The van der Waals surface area contributed by atoms with Crippen LogP contribution in [0.3, 0.4) is 0 Å². The number of amides is 1. The van der Waals surface area contributed by atoms with Crippen molar-refractivity contribution in [1.29, 1.82) is 0 Å². The van der Waals surface area contributed by atoms with Crippen LogP contribution in [0.25, 0.3) is 0 Å². The van der Waals surface area contributed by atoms with E-state index in [1.807, 2.05) is 24.3 Å². The lowest BCUT2D eigenvalue weighted by Gasteiger charge is -2.33. The van der Waals surface area contributed by atoms with E-state index in [0.717, 1.165) is 42.9 Å². The molecule has 2 aromatic rings. The maximum Gasteiger partial charge on any atom is 0.270 e. The molecule has 0 aliphatic carbocycles. The molecule has 0 unspecified atom stereocenters. The van der Waals surface area contributed by atoms with Crippen LogP contribution in [0.2, 0.25) is 0 Å². The van der Waals surface area contributed by atoms with Gasteiger partial charge in [0.15, 0.2) is 0 Å². The number of nitro benzene ring substituents is 1. The maximum atomic E-state index is 13.2. The molecule has 154 valence electrons. The molecule has 1 amide bonds. The van der Waals surface area contributed by atoms with E-state index in [1.54, 1.807) is 25.1 Å². The summed E-state index contributed by atoms with van der Waals surface area (Å²) in [5.41, 5.74) is 2.04. The Morgan fingerprint density at radius 1 is 1.21 bits per heavy atom. The Morgan fingerprint density at radius 2 is 1.86 bits per heavy atom. The minimum atomic E-state index is -0.456. The molecule has 0 N–H and O–H groups in total. The smallest absolute Gasteiger partial charge is 0.270 e. The summed E-state index contributed by atoms with van der Waals surface area (Å²) in [6.07, 6.45) is 2.10. The van der Waals surface area contributed by atoms with Gasteiger partial charge in [-0.2, -0.15) is 0 Å². The average Bonchev–Trinajstić information content (AvgIpc) is 2.74. The number of anilines is 1. The Kier molecular flexibility index (Phi) is 6.36. The number of nitrogens with zero attached hydrogens (tertiary/aromatic N) is 3. The summed E-state index contributed by atoms with van der Waals surface area (Å²) in [4.78, 5) is 27.8. The first-order chi connectivity index (χ1) is 13.9. The van der Waals surface area contributed by atoms with Crippen LogP contribution in [0.4, 0.5) is 11.4 Å². The molecule has 1 heterocycles. The van der Waals surface area contributed by atoms with Crippen molar-refractivity contribution in [2.45, 2.75) is 26.3 Å². The first-order valence-electron chi connectivity index (χ1n) is 9.81. The molecule has 29 heavy (non-hydrogen) atoms. The summed E-state index contributed by atoms with van der Waals surface area (Å²) < 4.78 is 5.17. The van der Waals surface area contributed by atoms with Gasteiger partial charge in [-0.25, -0.2) is 0 Å². The number of hydrogen-bond acceptors (Lipinski definition) is 5. The highest BCUT2D eigenvalue weighted by molar-refractivity contribution is 6.00. The molecule has 1 fully saturated rings. The van der Waals surface area contributed by atoms with Crippen LogP contribution in [-0.2, 0) is 6.54 Å². The number of nitro groups is 1. The molecule has 7 heteroatoms. The SMILES string of the molecule is COc1ccc(CN(C)C(=O)c2cc([N+](=O)[O-])ccc2N2CCC(C)CC2)cc1. The third-order valence-corrected chi connectivity index (χ3v) is 5.47. The van der Waals surface area contributed by atoms with Crippen LogP contribution in [0.15, 0.2) is 42.5 Å². The van der Waals surface area contributed by atoms with Crippen molar-refractivity contribution in [3.05, 3.63) is 63.7 Å². The van der Waals surface area contributed by atoms with Gasteiger partial charge in [0.2, 0.25) is 0 Å². The third-order valence-electron chi connectivity index (χ3n) is 5.47.